The number of carbonyl (C=O) groups excluding carboxylic acids is 3. The van der Waals surface area contributed by atoms with Gasteiger partial charge >= 0.3 is 12.0 Å². The molecule has 28 heavy (non-hydrogen) atoms. The molecule has 0 spiro atoms. The van der Waals surface area contributed by atoms with E-state index in [1.807, 2.05) is 24.3 Å². The second-order valence-electron chi connectivity index (χ2n) is 6.29. The Labute approximate surface area is 165 Å². The van der Waals surface area contributed by atoms with E-state index < -0.39 is 24.0 Å². The zero-order valence-electron chi connectivity index (χ0n) is 15.1. The average Bonchev–Trinajstić information content (AvgIpc) is 3.36. The van der Waals surface area contributed by atoms with Gasteiger partial charge in [0.2, 0.25) is 0 Å². The van der Waals surface area contributed by atoms with Gasteiger partial charge in [-0.25, -0.2) is 9.59 Å². The Bertz CT molecular complexity index is 940. The van der Waals surface area contributed by atoms with E-state index in [1.54, 1.807) is 6.07 Å². The van der Waals surface area contributed by atoms with Crippen molar-refractivity contribution in [1.82, 2.24) is 10.2 Å². The minimum atomic E-state index is -1.05. The van der Waals surface area contributed by atoms with E-state index in [9.17, 15) is 14.4 Å². The first-order valence-electron chi connectivity index (χ1n) is 8.83. The third-order valence-corrected chi connectivity index (χ3v) is 5.50. The summed E-state index contributed by atoms with van der Waals surface area (Å²) in [6, 6.07) is 8.60. The van der Waals surface area contributed by atoms with Crippen molar-refractivity contribution in [3.8, 4) is 21.9 Å². The number of carbonyl (C=O) groups is 3. The number of imide groups is 1. The molecular weight excluding hydrogens is 384 g/mol. The number of nitrogens with one attached hydrogen (secondary N) is 1. The molecule has 8 nitrogen and oxygen atoms in total. The number of thiophene rings is 1. The van der Waals surface area contributed by atoms with Crippen LogP contribution in [0.3, 0.4) is 0 Å². The number of benzene rings is 1. The van der Waals surface area contributed by atoms with Crippen LogP contribution in [-0.2, 0) is 9.53 Å². The SMILES string of the molecule is CC(OC(=O)c1ccc(-c2ccc3c(c2)OCCO3)s1)C(=O)N1CCNC1=O. The fraction of sp³-hybridized carbons (Fsp3) is 0.316. The van der Waals surface area contributed by atoms with Crippen molar-refractivity contribution in [2.24, 2.45) is 0 Å². The van der Waals surface area contributed by atoms with E-state index in [4.69, 9.17) is 14.2 Å². The van der Waals surface area contributed by atoms with Crippen molar-refractivity contribution in [3.63, 3.8) is 0 Å². The van der Waals surface area contributed by atoms with E-state index in [0.29, 0.717) is 36.1 Å². The van der Waals surface area contributed by atoms with Crippen molar-refractivity contribution in [2.75, 3.05) is 26.3 Å². The lowest BCUT2D eigenvalue weighted by Gasteiger charge is -2.18. The Kier molecular flexibility index (Phi) is 4.91. The third kappa shape index (κ3) is 3.53. The second-order valence-corrected chi connectivity index (χ2v) is 7.38. The number of rotatable bonds is 4. The summed E-state index contributed by atoms with van der Waals surface area (Å²) < 4.78 is 16.4. The molecule has 146 valence electrons. The minimum Gasteiger partial charge on any atom is -0.486 e. The van der Waals surface area contributed by atoms with Crippen LogP contribution in [0.1, 0.15) is 16.6 Å². The molecule has 2 aliphatic rings. The maximum atomic E-state index is 12.4. The minimum absolute atomic E-state index is 0.271. The molecule has 3 heterocycles. The van der Waals surface area contributed by atoms with Crippen LogP contribution in [0.5, 0.6) is 11.5 Å². The molecule has 0 saturated carbocycles. The van der Waals surface area contributed by atoms with Crippen LogP contribution in [0.15, 0.2) is 30.3 Å². The highest BCUT2D eigenvalue weighted by molar-refractivity contribution is 7.17. The van der Waals surface area contributed by atoms with E-state index >= 15 is 0 Å². The first kappa shape index (κ1) is 18.3. The number of esters is 1. The van der Waals surface area contributed by atoms with E-state index in [0.717, 1.165) is 15.3 Å². The summed E-state index contributed by atoms with van der Waals surface area (Å²) in [6.07, 6.45) is -1.05. The van der Waals surface area contributed by atoms with Gasteiger partial charge in [0.1, 0.15) is 18.1 Å². The van der Waals surface area contributed by atoms with Crippen LogP contribution in [0.25, 0.3) is 10.4 Å². The van der Waals surface area contributed by atoms with Gasteiger partial charge in [-0.1, -0.05) is 0 Å². The van der Waals surface area contributed by atoms with Gasteiger partial charge in [0.05, 0.1) is 0 Å². The third-order valence-electron chi connectivity index (χ3n) is 4.39. The van der Waals surface area contributed by atoms with Gasteiger partial charge in [-0.2, -0.15) is 0 Å². The number of nitrogens with zero attached hydrogens (tertiary/aromatic N) is 1. The molecule has 2 aromatic rings. The van der Waals surface area contributed by atoms with Crippen LogP contribution in [-0.4, -0.2) is 55.2 Å². The molecule has 1 aromatic heterocycles. The summed E-state index contributed by atoms with van der Waals surface area (Å²) in [5, 5.41) is 2.54. The van der Waals surface area contributed by atoms with Gasteiger partial charge in [-0.3, -0.25) is 9.69 Å². The van der Waals surface area contributed by atoms with Gasteiger partial charge < -0.3 is 19.5 Å². The molecule has 2 aliphatic heterocycles. The molecule has 1 saturated heterocycles. The number of hydrogen-bond donors (Lipinski definition) is 1. The molecule has 1 atom stereocenters. The number of hydrogen-bond acceptors (Lipinski definition) is 7. The predicted octanol–water partition coefficient (Wildman–Crippen LogP) is 2.28. The highest BCUT2D eigenvalue weighted by Gasteiger charge is 2.32. The highest BCUT2D eigenvalue weighted by Crippen LogP contribution is 2.37. The fourth-order valence-corrected chi connectivity index (χ4v) is 3.86. The van der Waals surface area contributed by atoms with Crippen molar-refractivity contribution >= 4 is 29.2 Å². The lowest BCUT2D eigenvalue weighted by molar-refractivity contribution is -0.135. The molecule has 1 unspecified atom stereocenters. The van der Waals surface area contributed by atoms with Gasteiger partial charge in [-0.05, 0) is 42.8 Å². The van der Waals surface area contributed by atoms with Crippen molar-refractivity contribution in [3.05, 3.63) is 35.2 Å². The quantitative estimate of drug-likeness (QED) is 0.789. The molecule has 1 aromatic carbocycles. The summed E-state index contributed by atoms with van der Waals surface area (Å²) in [5.41, 5.74) is 0.895. The van der Waals surface area contributed by atoms with Crippen LogP contribution in [0.4, 0.5) is 4.79 Å². The summed E-state index contributed by atoms with van der Waals surface area (Å²) in [5.74, 6) is 0.232. The Morgan fingerprint density at radius 3 is 2.71 bits per heavy atom. The Balaban J connectivity index is 1.44. The average molecular weight is 402 g/mol. The highest BCUT2D eigenvalue weighted by atomic mass is 32.1. The van der Waals surface area contributed by atoms with E-state index in [1.165, 1.54) is 18.3 Å². The topological polar surface area (TPSA) is 94.2 Å². The van der Waals surface area contributed by atoms with Gasteiger partial charge in [0, 0.05) is 18.0 Å². The van der Waals surface area contributed by atoms with Crippen LogP contribution < -0.4 is 14.8 Å². The first-order chi connectivity index (χ1) is 13.5. The molecule has 4 rings (SSSR count). The second kappa shape index (κ2) is 7.51. The largest absolute Gasteiger partial charge is 0.486 e. The summed E-state index contributed by atoms with van der Waals surface area (Å²) >= 11 is 1.26. The Morgan fingerprint density at radius 2 is 1.96 bits per heavy atom. The summed E-state index contributed by atoms with van der Waals surface area (Å²) in [6.45, 7) is 3.15. The van der Waals surface area contributed by atoms with Gasteiger partial charge in [-0.15, -0.1) is 11.3 Å². The van der Waals surface area contributed by atoms with E-state index in [2.05, 4.69) is 5.32 Å². The standard InChI is InChI=1S/C19H18N2O6S/c1-11(17(22)21-7-6-20-19(21)24)27-18(23)16-5-4-15(28-16)12-2-3-13-14(10-12)26-9-8-25-13/h2-5,10-11H,6-9H2,1H3,(H,20,24). The van der Waals surface area contributed by atoms with Gasteiger partial charge in [0.15, 0.2) is 17.6 Å². The number of amides is 3. The predicted molar refractivity (Wildman–Crippen MR) is 101 cm³/mol. The van der Waals surface area contributed by atoms with Crippen LogP contribution >= 0.6 is 11.3 Å². The number of urea groups is 1. The molecule has 0 radical (unpaired) electrons. The Hall–Kier alpha value is -3.07. The normalized spacial score (nSPS) is 16.5. The molecule has 0 aliphatic carbocycles. The number of ether oxygens (including phenoxy) is 3. The Morgan fingerprint density at radius 1 is 1.18 bits per heavy atom. The summed E-state index contributed by atoms with van der Waals surface area (Å²) in [4.78, 5) is 38.5. The lowest BCUT2D eigenvalue weighted by atomic mass is 10.1. The molecule has 1 fully saturated rings. The van der Waals surface area contributed by atoms with E-state index in [-0.39, 0.29) is 6.54 Å². The first-order valence-corrected chi connectivity index (χ1v) is 9.64. The monoisotopic (exact) mass is 402 g/mol. The zero-order chi connectivity index (χ0) is 19.7. The molecule has 9 heteroatoms. The molecule has 3 amide bonds. The summed E-state index contributed by atoms with van der Waals surface area (Å²) in [7, 11) is 0. The van der Waals surface area contributed by atoms with Crippen molar-refractivity contribution < 1.29 is 28.6 Å². The van der Waals surface area contributed by atoms with Crippen molar-refractivity contribution in [2.45, 2.75) is 13.0 Å². The molecular formula is C19H18N2O6S. The number of fused-ring (bicyclic) bond motifs is 1. The van der Waals surface area contributed by atoms with Gasteiger partial charge in [0.25, 0.3) is 5.91 Å². The van der Waals surface area contributed by atoms with Crippen LogP contribution in [0.2, 0.25) is 0 Å². The maximum Gasteiger partial charge on any atom is 0.349 e. The fourth-order valence-electron chi connectivity index (χ4n) is 2.97. The smallest absolute Gasteiger partial charge is 0.349 e. The molecule has 0 bridgehead atoms. The lowest BCUT2D eigenvalue weighted by Crippen LogP contribution is -2.41. The molecule has 1 N–H and O–H groups in total. The van der Waals surface area contributed by atoms with Crippen LogP contribution in [0, 0.1) is 0 Å². The maximum absolute atomic E-state index is 12.4. The van der Waals surface area contributed by atoms with Crippen molar-refractivity contribution in [1.29, 1.82) is 0 Å². The zero-order valence-corrected chi connectivity index (χ0v) is 15.9.